The van der Waals surface area contributed by atoms with Gasteiger partial charge < -0.3 is 5.11 Å². The van der Waals surface area contributed by atoms with Crippen molar-refractivity contribution in [3.05, 3.63) is 12.2 Å². The maximum atomic E-state index is 12.2. The van der Waals surface area contributed by atoms with Crippen molar-refractivity contribution in [1.29, 1.82) is 0 Å². The molecule has 1 aromatic rings. The summed E-state index contributed by atoms with van der Waals surface area (Å²) in [6.07, 6.45) is -1.73. The molecule has 5 nitrogen and oxygen atoms in total. The first-order chi connectivity index (χ1) is 6.04. The Morgan fingerprint density at radius 1 is 1.64 bits per heavy atom. The fourth-order valence-corrected chi connectivity index (χ4v) is 0.808. The molecule has 0 aliphatic carbocycles. The van der Waals surface area contributed by atoms with Gasteiger partial charge in [-0.1, -0.05) is 0 Å². The molecular formula is C6H8F2LiN3O2. The molecule has 14 heavy (non-hydrogen) atoms. The fourth-order valence-electron chi connectivity index (χ4n) is 0.808. The molecule has 0 spiro atoms. The number of hydrogen-bond acceptors (Lipinski definition) is 3. The van der Waals surface area contributed by atoms with Crippen LogP contribution >= 0.6 is 0 Å². The zero-order valence-electron chi connectivity index (χ0n) is 6.69. The molecule has 0 aliphatic rings. The summed E-state index contributed by atoms with van der Waals surface area (Å²) in [5, 5.41) is 11.9. The monoisotopic (exact) mass is 199 g/mol. The van der Waals surface area contributed by atoms with E-state index in [9.17, 15) is 13.6 Å². The molecule has 0 bridgehead atoms. The van der Waals surface area contributed by atoms with Gasteiger partial charge in [0.2, 0.25) is 5.82 Å². The van der Waals surface area contributed by atoms with Crippen molar-refractivity contribution in [3.8, 4) is 0 Å². The van der Waals surface area contributed by atoms with Gasteiger partial charge in [-0.15, -0.1) is 0 Å². The summed E-state index contributed by atoms with van der Waals surface area (Å²) >= 11 is 0. The minimum atomic E-state index is -2.67. The first-order valence-electron chi connectivity index (χ1n) is 3.45. The van der Waals surface area contributed by atoms with Crippen LogP contribution in [0.4, 0.5) is 8.78 Å². The zero-order valence-corrected chi connectivity index (χ0v) is 6.69. The third-order valence-corrected chi connectivity index (χ3v) is 1.51. The van der Waals surface area contributed by atoms with Crippen molar-refractivity contribution in [2.24, 2.45) is 0 Å². The van der Waals surface area contributed by atoms with Crippen LogP contribution in [0.1, 0.15) is 23.6 Å². The average Bonchev–Trinajstić information content (AvgIpc) is 2.50. The zero-order chi connectivity index (χ0) is 10.0. The minimum absolute atomic E-state index is 0. The summed E-state index contributed by atoms with van der Waals surface area (Å²) in [7, 11) is 0. The second kappa shape index (κ2) is 5.07. The molecule has 1 N–H and O–H groups in total. The van der Waals surface area contributed by atoms with Crippen molar-refractivity contribution in [2.45, 2.75) is 19.4 Å². The van der Waals surface area contributed by atoms with Gasteiger partial charge in [0.05, 0.1) is 0 Å². The second-order valence-corrected chi connectivity index (χ2v) is 2.41. The molecule has 1 unspecified atom stereocenters. The van der Waals surface area contributed by atoms with Gasteiger partial charge >= 0.3 is 24.8 Å². The van der Waals surface area contributed by atoms with E-state index in [0.717, 1.165) is 6.33 Å². The molecule has 0 aromatic carbocycles. The quantitative estimate of drug-likeness (QED) is 0.703. The molecule has 0 saturated carbocycles. The van der Waals surface area contributed by atoms with Crippen LogP contribution in [0.15, 0.2) is 6.33 Å². The number of aromatic nitrogens is 3. The maximum absolute atomic E-state index is 12.2. The summed E-state index contributed by atoms with van der Waals surface area (Å²) < 4.78 is 25.0. The molecule has 1 aromatic heterocycles. The number of halogens is 2. The SMILES string of the molecule is CC(C(F)F)n1ncnc1C(=O)O.[LiH]. The number of aromatic carboxylic acids is 1. The van der Waals surface area contributed by atoms with E-state index in [4.69, 9.17) is 5.11 Å². The van der Waals surface area contributed by atoms with E-state index in [0.29, 0.717) is 4.68 Å². The summed E-state index contributed by atoms with van der Waals surface area (Å²) in [5.74, 6) is -1.85. The Morgan fingerprint density at radius 2 is 2.21 bits per heavy atom. The third-order valence-electron chi connectivity index (χ3n) is 1.51. The Hall–Kier alpha value is -0.933. The molecule has 74 valence electrons. The Kier molecular flexibility index (Phi) is 4.74. The van der Waals surface area contributed by atoms with Crippen LogP contribution in [0.5, 0.6) is 0 Å². The first kappa shape index (κ1) is 13.1. The number of rotatable bonds is 3. The molecular weight excluding hydrogens is 191 g/mol. The number of carboxylic acid groups (broad SMARTS) is 1. The molecule has 0 amide bonds. The Balaban J connectivity index is 0.00000169. The number of alkyl halides is 2. The van der Waals surface area contributed by atoms with E-state index >= 15 is 0 Å². The van der Waals surface area contributed by atoms with E-state index in [-0.39, 0.29) is 18.9 Å². The van der Waals surface area contributed by atoms with Gasteiger partial charge in [-0.05, 0) is 6.92 Å². The van der Waals surface area contributed by atoms with Crippen molar-refractivity contribution in [3.63, 3.8) is 0 Å². The molecule has 0 fully saturated rings. The standard InChI is InChI=1S/C6H7F2N3O2.Li.H/c1-3(4(7)8)11-5(6(12)13)9-2-10-11;;/h2-4H,1H3,(H,12,13);;. The average molecular weight is 199 g/mol. The molecule has 0 saturated heterocycles. The van der Waals surface area contributed by atoms with Gasteiger partial charge in [-0.3, -0.25) is 0 Å². The topological polar surface area (TPSA) is 68.0 Å². The van der Waals surface area contributed by atoms with Crippen molar-refractivity contribution in [2.75, 3.05) is 0 Å². The number of carboxylic acids is 1. The number of carbonyl (C=O) groups is 1. The van der Waals surface area contributed by atoms with Crippen LogP contribution in [0.25, 0.3) is 0 Å². The van der Waals surface area contributed by atoms with Crippen LogP contribution in [-0.4, -0.2) is 51.1 Å². The Bertz CT molecular complexity index is 318. The van der Waals surface area contributed by atoms with E-state index in [1.807, 2.05) is 0 Å². The summed E-state index contributed by atoms with van der Waals surface area (Å²) in [6, 6.07) is -1.28. The molecule has 1 heterocycles. The molecule has 1 rings (SSSR count). The molecule has 1 atom stereocenters. The first-order valence-corrected chi connectivity index (χ1v) is 3.45. The van der Waals surface area contributed by atoms with Gasteiger partial charge in [0.25, 0.3) is 6.43 Å². The molecule has 0 radical (unpaired) electrons. The van der Waals surface area contributed by atoms with Crippen LogP contribution < -0.4 is 0 Å². The Labute approximate surface area is 90.3 Å². The molecule has 0 aliphatic heterocycles. The van der Waals surface area contributed by atoms with Gasteiger partial charge in [0, 0.05) is 0 Å². The summed E-state index contributed by atoms with van der Waals surface area (Å²) in [4.78, 5) is 13.8. The van der Waals surface area contributed by atoms with E-state index in [1.165, 1.54) is 6.92 Å². The predicted octanol–water partition coefficient (Wildman–Crippen LogP) is 0.154. The van der Waals surface area contributed by atoms with Gasteiger partial charge in [-0.2, -0.15) is 5.10 Å². The van der Waals surface area contributed by atoms with Crippen molar-refractivity contribution >= 4 is 24.8 Å². The van der Waals surface area contributed by atoms with Crippen LogP contribution in [-0.2, 0) is 0 Å². The summed E-state index contributed by atoms with van der Waals surface area (Å²) in [6.45, 7) is 1.17. The van der Waals surface area contributed by atoms with Crippen LogP contribution in [0, 0.1) is 0 Å². The Morgan fingerprint density at radius 3 is 2.64 bits per heavy atom. The molecule has 8 heteroatoms. The number of nitrogens with zero attached hydrogens (tertiary/aromatic N) is 3. The van der Waals surface area contributed by atoms with E-state index in [1.54, 1.807) is 0 Å². The summed E-state index contributed by atoms with van der Waals surface area (Å²) in [5.41, 5.74) is 0. The van der Waals surface area contributed by atoms with E-state index < -0.39 is 24.3 Å². The predicted molar refractivity (Wildman–Crippen MR) is 44.8 cm³/mol. The van der Waals surface area contributed by atoms with Crippen LogP contribution in [0.2, 0.25) is 0 Å². The third kappa shape index (κ3) is 2.53. The van der Waals surface area contributed by atoms with Gasteiger partial charge in [0.1, 0.15) is 12.4 Å². The second-order valence-electron chi connectivity index (χ2n) is 2.41. The normalized spacial score (nSPS) is 12.3. The van der Waals surface area contributed by atoms with Gasteiger partial charge in [-0.25, -0.2) is 23.2 Å². The van der Waals surface area contributed by atoms with Crippen molar-refractivity contribution < 1.29 is 18.7 Å². The van der Waals surface area contributed by atoms with E-state index in [2.05, 4.69) is 10.1 Å². The van der Waals surface area contributed by atoms with Crippen LogP contribution in [0.3, 0.4) is 0 Å². The van der Waals surface area contributed by atoms with Crippen molar-refractivity contribution in [1.82, 2.24) is 14.8 Å². The van der Waals surface area contributed by atoms with Gasteiger partial charge in [0.15, 0.2) is 0 Å². The number of hydrogen-bond donors (Lipinski definition) is 1. The fraction of sp³-hybridized carbons (Fsp3) is 0.500.